The first-order chi connectivity index (χ1) is 15.6. The summed E-state index contributed by atoms with van der Waals surface area (Å²) in [5, 5.41) is 10.3. The summed E-state index contributed by atoms with van der Waals surface area (Å²) >= 11 is 12.1. The Hall–Kier alpha value is -3.03. The van der Waals surface area contributed by atoms with Crippen molar-refractivity contribution in [1.82, 2.24) is 4.90 Å². The van der Waals surface area contributed by atoms with E-state index in [1.807, 2.05) is 0 Å². The van der Waals surface area contributed by atoms with Crippen molar-refractivity contribution < 1.29 is 27.9 Å². The van der Waals surface area contributed by atoms with Gasteiger partial charge in [0.1, 0.15) is 6.04 Å². The van der Waals surface area contributed by atoms with Crippen LogP contribution >= 0.6 is 23.2 Å². The number of benzene rings is 3. The highest BCUT2D eigenvalue weighted by Crippen LogP contribution is 2.30. The number of carboxylic acids is 1. The summed E-state index contributed by atoms with van der Waals surface area (Å²) < 4.78 is 38.8. The van der Waals surface area contributed by atoms with E-state index in [0.717, 1.165) is 17.0 Å². The molecule has 0 aromatic heterocycles. The van der Waals surface area contributed by atoms with Crippen molar-refractivity contribution in [2.24, 2.45) is 0 Å². The molecule has 0 bridgehead atoms. The molecule has 0 spiro atoms. The second-order valence-corrected chi connectivity index (χ2v) is 8.14. The topological polar surface area (TPSA) is 57.6 Å². The summed E-state index contributed by atoms with van der Waals surface area (Å²) in [7, 11) is 0. The third-order valence-corrected chi connectivity index (χ3v) is 5.54. The molecule has 9 heteroatoms. The number of rotatable bonds is 7. The molecule has 1 unspecified atom stereocenters. The lowest BCUT2D eigenvalue weighted by atomic mass is 10.0. The van der Waals surface area contributed by atoms with Crippen LogP contribution in [-0.2, 0) is 23.9 Å². The Morgan fingerprint density at radius 3 is 2.09 bits per heavy atom. The molecule has 0 aliphatic heterocycles. The predicted octanol–water partition coefficient (Wildman–Crippen LogP) is 6.35. The fourth-order valence-corrected chi connectivity index (χ4v) is 3.79. The van der Waals surface area contributed by atoms with Crippen LogP contribution < -0.4 is 0 Å². The van der Waals surface area contributed by atoms with E-state index in [9.17, 15) is 27.9 Å². The normalized spacial score (nSPS) is 12.3. The zero-order chi connectivity index (χ0) is 24.2. The number of aliphatic carboxylic acids is 1. The van der Waals surface area contributed by atoms with Crippen molar-refractivity contribution in [3.8, 4) is 0 Å². The van der Waals surface area contributed by atoms with E-state index in [1.54, 1.807) is 30.3 Å². The van der Waals surface area contributed by atoms with Gasteiger partial charge in [-0.1, -0.05) is 65.7 Å². The van der Waals surface area contributed by atoms with Gasteiger partial charge in [-0.2, -0.15) is 13.2 Å². The molecule has 0 radical (unpaired) electrons. The smallest absolute Gasteiger partial charge is 0.416 e. The van der Waals surface area contributed by atoms with Gasteiger partial charge in [-0.25, -0.2) is 4.79 Å². The van der Waals surface area contributed by atoms with Crippen LogP contribution in [0, 0.1) is 0 Å². The van der Waals surface area contributed by atoms with Gasteiger partial charge in [-0.3, -0.25) is 4.79 Å². The molecule has 0 fully saturated rings. The van der Waals surface area contributed by atoms with Gasteiger partial charge in [0, 0.05) is 18.0 Å². The minimum atomic E-state index is -4.51. The van der Waals surface area contributed by atoms with E-state index in [2.05, 4.69) is 0 Å². The highest BCUT2D eigenvalue weighted by molar-refractivity contribution is 6.36. The molecule has 0 saturated carbocycles. The van der Waals surface area contributed by atoms with Crippen LogP contribution in [-0.4, -0.2) is 27.9 Å². The number of alkyl halides is 3. The van der Waals surface area contributed by atoms with Gasteiger partial charge in [-0.05, 0) is 41.5 Å². The Bertz CT molecular complexity index is 1140. The van der Waals surface area contributed by atoms with Crippen molar-refractivity contribution >= 4 is 35.1 Å². The lowest BCUT2D eigenvalue weighted by Crippen LogP contribution is -2.46. The maximum Gasteiger partial charge on any atom is 0.416 e. The van der Waals surface area contributed by atoms with Crippen molar-refractivity contribution in [3.05, 3.63) is 105 Å². The molecule has 3 aromatic rings. The van der Waals surface area contributed by atoms with Gasteiger partial charge >= 0.3 is 12.1 Å². The van der Waals surface area contributed by atoms with Crippen LogP contribution in [0.3, 0.4) is 0 Å². The van der Waals surface area contributed by atoms with Gasteiger partial charge in [0.05, 0.1) is 16.1 Å². The maximum atomic E-state index is 13.4. The number of hydrogen-bond acceptors (Lipinski definition) is 2. The fraction of sp³-hybridized carbons (Fsp3) is 0.167. The molecule has 4 nitrogen and oxygen atoms in total. The quantitative estimate of drug-likeness (QED) is 0.415. The molecular formula is C24H18Cl2F3NO3. The SMILES string of the molecule is O=C(O)C(Cc1ccccc1)N(Cc1ccc(C(F)(F)F)cc1)C(=O)c1ccc(Cl)cc1Cl. The van der Waals surface area contributed by atoms with Crippen molar-refractivity contribution in [2.75, 3.05) is 0 Å². The molecule has 33 heavy (non-hydrogen) atoms. The lowest BCUT2D eigenvalue weighted by Gasteiger charge is -2.30. The minimum absolute atomic E-state index is 0.00619. The second kappa shape index (κ2) is 10.3. The molecule has 1 atom stereocenters. The molecule has 0 heterocycles. The van der Waals surface area contributed by atoms with Gasteiger partial charge < -0.3 is 10.0 Å². The minimum Gasteiger partial charge on any atom is -0.480 e. The van der Waals surface area contributed by atoms with Gasteiger partial charge in [0.15, 0.2) is 0 Å². The van der Waals surface area contributed by atoms with Gasteiger partial charge in [-0.15, -0.1) is 0 Å². The van der Waals surface area contributed by atoms with E-state index in [0.29, 0.717) is 16.1 Å². The molecular weight excluding hydrogens is 478 g/mol. The number of hydrogen-bond donors (Lipinski definition) is 1. The highest BCUT2D eigenvalue weighted by atomic mass is 35.5. The third-order valence-electron chi connectivity index (χ3n) is 4.99. The van der Waals surface area contributed by atoms with Crippen LogP contribution in [0.25, 0.3) is 0 Å². The van der Waals surface area contributed by atoms with Crippen LogP contribution in [0.5, 0.6) is 0 Å². The highest BCUT2D eigenvalue weighted by Gasteiger charge is 2.33. The van der Waals surface area contributed by atoms with Crippen LogP contribution in [0.2, 0.25) is 10.0 Å². The molecule has 1 amide bonds. The average Bonchev–Trinajstić information content (AvgIpc) is 2.76. The Balaban J connectivity index is 2.00. The van der Waals surface area contributed by atoms with Crippen molar-refractivity contribution in [2.45, 2.75) is 25.2 Å². The molecule has 0 saturated heterocycles. The number of nitrogens with zero attached hydrogens (tertiary/aromatic N) is 1. The Morgan fingerprint density at radius 1 is 0.909 bits per heavy atom. The number of carbonyl (C=O) groups is 2. The van der Waals surface area contributed by atoms with Gasteiger partial charge in [0.25, 0.3) is 5.91 Å². The van der Waals surface area contributed by atoms with Crippen LogP contribution in [0.15, 0.2) is 72.8 Å². The van der Waals surface area contributed by atoms with Gasteiger partial charge in [0.2, 0.25) is 0 Å². The number of carboxylic acid groups (broad SMARTS) is 1. The summed E-state index contributed by atoms with van der Waals surface area (Å²) in [6, 6.07) is 15.8. The summed E-state index contributed by atoms with van der Waals surface area (Å²) in [4.78, 5) is 26.7. The third kappa shape index (κ3) is 6.27. The molecule has 172 valence electrons. The van der Waals surface area contributed by atoms with Crippen molar-refractivity contribution in [1.29, 1.82) is 0 Å². The van der Waals surface area contributed by atoms with E-state index in [1.165, 1.54) is 30.3 Å². The Morgan fingerprint density at radius 2 is 1.55 bits per heavy atom. The van der Waals surface area contributed by atoms with E-state index < -0.39 is 29.7 Å². The van der Waals surface area contributed by atoms with Crippen molar-refractivity contribution in [3.63, 3.8) is 0 Å². The first-order valence-electron chi connectivity index (χ1n) is 9.75. The summed E-state index contributed by atoms with van der Waals surface area (Å²) in [6.07, 6.45) is -4.52. The lowest BCUT2D eigenvalue weighted by molar-refractivity contribution is -0.142. The number of halogens is 5. The van der Waals surface area contributed by atoms with E-state index >= 15 is 0 Å². The van der Waals surface area contributed by atoms with Crippen LogP contribution in [0.4, 0.5) is 13.2 Å². The van der Waals surface area contributed by atoms with Crippen LogP contribution in [0.1, 0.15) is 27.0 Å². The molecule has 3 rings (SSSR count). The average molecular weight is 496 g/mol. The Labute approximate surface area is 198 Å². The summed E-state index contributed by atoms with van der Waals surface area (Å²) in [5.74, 6) is -1.94. The number of carbonyl (C=O) groups excluding carboxylic acids is 1. The zero-order valence-corrected chi connectivity index (χ0v) is 18.5. The largest absolute Gasteiger partial charge is 0.480 e. The summed E-state index contributed by atoms with van der Waals surface area (Å²) in [6.45, 7) is -0.236. The molecule has 3 aromatic carbocycles. The predicted molar refractivity (Wildman–Crippen MR) is 119 cm³/mol. The molecule has 0 aliphatic carbocycles. The second-order valence-electron chi connectivity index (χ2n) is 7.30. The van der Waals surface area contributed by atoms with E-state index in [-0.39, 0.29) is 23.6 Å². The maximum absolute atomic E-state index is 13.4. The first-order valence-corrected chi connectivity index (χ1v) is 10.5. The molecule has 1 N–H and O–H groups in total. The Kier molecular flexibility index (Phi) is 7.66. The van der Waals surface area contributed by atoms with E-state index in [4.69, 9.17) is 23.2 Å². The summed E-state index contributed by atoms with van der Waals surface area (Å²) in [5.41, 5.74) is 0.203. The fourth-order valence-electron chi connectivity index (χ4n) is 3.31. The zero-order valence-electron chi connectivity index (χ0n) is 17.0. The first kappa shape index (κ1) is 24.6. The molecule has 0 aliphatic rings. The number of amides is 1. The monoisotopic (exact) mass is 495 g/mol. The standard InChI is InChI=1S/C24H18Cl2F3NO3/c25-18-10-11-19(20(26)13-18)22(31)30(14-16-6-8-17(9-7-16)24(27,28)29)21(23(32)33)12-15-4-2-1-3-5-15/h1-11,13,21H,12,14H2,(H,32,33).